The van der Waals surface area contributed by atoms with Gasteiger partial charge in [0.15, 0.2) is 0 Å². The third-order valence-electron chi connectivity index (χ3n) is 2.11. The highest BCUT2D eigenvalue weighted by Crippen LogP contribution is 1.96. The zero-order valence-electron chi connectivity index (χ0n) is 9.91. The van der Waals surface area contributed by atoms with Crippen molar-refractivity contribution in [3.05, 3.63) is 0 Å². The monoisotopic (exact) mass is 219 g/mol. The summed E-state index contributed by atoms with van der Waals surface area (Å²) in [5, 5.41) is 3.13. The lowest BCUT2D eigenvalue weighted by Gasteiger charge is -2.16. The third kappa shape index (κ3) is 6.43. The van der Waals surface area contributed by atoms with E-state index in [0.717, 1.165) is 0 Å². The van der Waals surface area contributed by atoms with Crippen LogP contribution >= 0.6 is 0 Å². The van der Waals surface area contributed by atoms with Crippen LogP contribution in [-0.2, 0) is 19.0 Å². The van der Waals surface area contributed by atoms with E-state index in [4.69, 9.17) is 9.47 Å². The number of ether oxygens (including phenoxy) is 3. The number of carbonyl (C=O) groups is 1. The topological polar surface area (TPSA) is 56.8 Å². The first-order chi connectivity index (χ1) is 7.15. The molecule has 15 heavy (non-hydrogen) atoms. The first-order valence-corrected chi connectivity index (χ1v) is 4.96. The predicted molar refractivity (Wildman–Crippen MR) is 56.7 cm³/mol. The molecule has 0 radical (unpaired) electrons. The van der Waals surface area contributed by atoms with Crippen molar-refractivity contribution < 1.29 is 19.0 Å². The van der Waals surface area contributed by atoms with E-state index in [0.29, 0.717) is 19.7 Å². The molecule has 1 N–H and O–H groups in total. The van der Waals surface area contributed by atoms with Gasteiger partial charge >= 0.3 is 5.97 Å². The van der Waals surface area contributed by atoms with Crippen LogP contribution in [0.25, 0.3) is 0 Å². The minimum Gasteiger partial charge on any atom is -0.469 e. The van der Waals surface area contributed by atoms with Crippen molar-refractivity contribution >= 4 is 5.97 Å². The van der Waals surface area contributed by atoms with E-state index in [9.17, 15) is 4.79 Å². The molecule has 0 saturated carbocycles. The van der Waals surface area contributed by atoms with Crippen molar-refractivity contribution in [2.45, 2.75) is 13.0 Å². The van der Waals surface area contributed by atoms with Gasteiger partial charge in [0, 0.05) is 27.3 Å². The van der Waals surface area contributed by atoms with Crippen LogP contribution in [0, 0.1) is 5.92 Å². The fourth-order valence-corrected chi connectivity index (χ4v) is 1.14. The van der Waals surface area contributed by atoms with Crippen molar-refractivity contribution in [3.8, 4) is 0 Å². The van der Waals surface area contributed by atoms with Gasteiger partial charge in [-0.3, -0.25) is 4.79 Å². The molecule has 90 valence electrons. The van der Waals surface area contributed by atoms with Gasteiger partial charge in [0.2, 0.25) is 0 Å². The highest BCUT2D eigenvalue weighted by Gasteiger charge is 2.13. The lowest BCUT2D eigenvalue weighted by molar-refractivity contribution is -0.144. The summed E-state index contributed by atoms with van der Waals surface area (Å²) in [7, 11) is 4.65. The molecule has 0 aliphatic rings. The van der Waals surface area contributed by atoms with Gasteiger partial charge in [0.1, 0.15) is 0 Å². The van der Waals surface area contributed by atoms with Crippen LogP contribution in [0.3, 0.4) is 0 Å². The molecule has 0 rings (SSSR count). The number of nitrogens with one attached hydrogen (secondary N) is 1. The number of esters is 1. The Morgan fingerprint density at radius 3 is 2.40 bits per heavy atom. The number of methoxy groups -OCH3 is 3. The molecule has 0 aliphatic carbocycles. The second-order valence-corrected chi connectivity index (χ2v) is 3.40. The number of hydrogen-bond acceptors (Lipinski definition) is 5. The Labute approximate surface area is 91.1 Å². The normalized spacial score (nSPS) is 14.7. The lowest BCUT2D eigenvalue weighted by Crippen LogP contribution is -2.36. The maximum Gasteiger partial charge on any atom is 0.309 e. The molecule has 2 unspecified atom stereocenters. The van der Waals surface area contributed by atoms with E-state index in [2.05, 4.69) is 10.1 Å². The fraction of sp³-hybridized carbons (Fsp3) is 0.900. The Bertz CT molecular complexity index is 175. The van der Waals surface area contributed by atoms with Crippen LogP contribution in [0.5, 0.6) is 0 Å². The smallest absolute Gasteiger partial charge is 0.309 e. The Hall–Kier alpha value is -0.650. The van der Waals surface area contributed by atoms with Gasteiger partial charge < -0.3 is 19.5 Å². The van der Waals surface area contributed by atoms with Gasteiger partial charge in [-0.2, -0.15) is 0 Å². The summed E-state index contributed by atoms with van der Waals surface area (Å²) < 4.78 is 14.7. The van der Waals surface area contributed by atoms with Gasteiger partial charge in [-0.25, -0.2) is 0 Å². The van der Waals surface area contributed by atoms with Gasteiger partial charge in [-0.05, 0) is 0 Å². The number of hydrogen-bond donors (Lipinski definition) is 1. The predicted octanol–water partition coefficient (Wildman–Crippen LogP) is 0.0465. The Balaban J connectivity index is 3.62. The van der Waals surface area contributed by atoms with Crippen LogP contribution in [0.4, 0.5) is 0 Å². The fourth-order valence-electron chi connectivity index (χ4n) is 1.14. The van der Waals surface area contributed by atoms with Gasteiger partial charge in [-0.1, -0.05) is 6.92 Å². The Kier molecular flexibility index (Phi) is 8.27. The highest BCUT2D eigenvalue weighted by atomic mass is 16.5. The number of rotatable bonds is 8. The standard InChI is InChI=1S/C10H21NO4/c1-8(10(12)15-4)5-11-6-9(14-3)7-13-2/h8-9,11H,5-7H2,1-4H3. The molecule has 0 heterocycles. The van der Waals surface area contributed by atoms with Crippen LogP contribution < -0.4 is 5.32 Å². The van der Waals surface area contributed by atoms with Crippen LogP contribution in [-0.4, -0.2) is 53.1 Å². The van der Waals surface area contributed by atoms with E-state index < -0.39 is 0 Å². The first-order valence-electron chi connectivity index (χ1n) is 4.96. The summed E-state index contributed by atoms with van der Waals surface area (Å²) in [6, 6.07) is 0. The maximum atomic E-state index is 11.1. The summed E-state index contributed by atoms with van der Waals surface area (Å²) in [5.74, 6) is -0.349. The van der Waals surface area contributed by atoms with Crippen molar-refractivity contribution in [2.75, 3.05) is 41.0 Å². The summed E-state index contributed by atoms with van der Waals surface area (Å²) in [6.07, 6.45) is 0.0137. The summed E-state index contributed by atoms with van der Waals surface area (Å²) in [4.78, 5) is 11.1. The molecule has 5 nitrogen and oxygen atoms in total. The zero-order chi connectivity index (χ0) is 11.7. The van der Waals surface area contributed by atoms with E-state index >= 15 is 0 Å². The van der Waals surface area contributed by atoms with Gasteiger partial charge in [0.25, 0.3) is 0 Å². The molecular formula is C10H21NO4. The lowest BCUT2D eigenvalue weighted by atomic mass is 10.2. The molecular weight excluding hydrogens is 198 g/mol. The molecule has 0 aliphatic heterocycles. The molecule has 0 aromatic carbocycles. The maximum absolute atomic E-state index is 11.1. The van der Waals surface area contributed by atoms with E-state index in [1.807, 2.05) is 6.92 Å². The average Bonchev–Trinajstić information content (AvgIpc) is 2.26. The molecule has 2 atom stereocenters. The van der Waals surface area contributed by atoms with Gasteiger partial charge in [-0.15, -0.1) is 0 Å². The first kappa shape index (κ1) is 14.3. The molecule has 0 aromatic rings. The minimum absolute atomic E-state index is 0.0137. The van der Waals surface area contributed by atoms with Crippen molar-refractivity contribution in [2.24, 2.45) is 5.92 Å². The van der Waals surface area contributed by atoms with E-state index in [1.54, 1.807) is 14.2 Å². The molecule has 0 aromatic heterocycles. The molecule has 5 heteroatoms. The van der Waals surface area contributed by atoms with Crippen LogP contribution in [0.15, 0.2) is 0 Å². The largest absolute Gasteiger partial charge is 0.469 e. The Morgan fingerprint density at radius 1 is 1.27 bits per heavy atom. The third-order valence-corrected chi connectivity index (χ3v) is 2.11. The summed E-state index contributed by atoms with van der Waals surface area (Å²) in [5.41, 5.74) is 0. The zero-order valence-corrected chi connectivity index (χ0v) is 9.91. The summed E-state index contributed by atoms with van der Waals surface area (Å²) in [6.45, 7) is 3.59. The van der Waals surface area contributed by atoms with Crippen molar-refractivity contribution in [1.82, 2.24) is 5.32 Å². The molecule has 0 spiro atoms. The summed E-state index contributed by atoms with van der Waals surface area (Å²) >= 11 is 0. The second kappa shape index (κ2) is 8.64. The molecule has 0 amide bonds. The van der Waals surface area contributed by atoms with E-state index in [-0.39, 0.29) is 18.0 Å². The molecule has 0 bridgehead atoms. The number of carbonyl (C=O) groups excluding carboxylic acids is 1. The van der Waals surface area contributed by atoms with E-state index in [1.165, 1.54) is 7.11 Å². The van der Waals surface area contributed by atoms with Crippen LogP contribution in [0.2, 0.25) is 0 Å². The molecule has 0 fully saturated rings. The quantitative estimate of drug-likeness (QED) is 0.584. The average molecular weight is 219 g/mol. The van der Waals surface area contributed by atoms with Gasteiger partial charge in [0.05, 0.1) is 25.7 Å². The van der Waals surface area contributed by atoms with Crippen molar-refractivity contribution in [3.63, 3.8) is 0 Å². The SMILES string of the molecule is COCC(CNCC(C)C(=O)OC)OC. The highest BCUT2D eigenvalue weighted by molar-refractivity contribution is 5.71. The Morgan fingerprint density at radius 2 is 1.93 bits per heavy atom. The minimum atomic E-state index is -0.205. The van der Waals surface area contributed by atoms with Crippen molar-refractivity contribution in [1.29, 1.82) is 0 Å². The second-order valence-electron chi connectivity index (χ2n) is 3.40. The molecule has 0 saturated heterocycles. The van der Waals surface area contributed by atoms with Crippen LogP contribution in [0.1, 0.15) is 6.92 Å².